The average molecular weight is 537 g/mol. The van der Waals surface area contributed by atoms with Crippen LogP contribution in [0.25, 0.3) is 5.57 Å². The Morgan fingerprint density at radius 3 is 2.56 bits per heavy atom. The Morgan fingerprint density at radius 2 is 1.97 bits per heavy atom. The Hall–Kier alpha value is -3.13. The maximum absolute atomic E-state index is 12.6. The highest BCUT2D eigenvalue weighted by molar-refractivity contribution is 6.11. The van der Waals surface area contributed by atoms with Crippen molar-refractivity contribution in [2.24, 2.45) is 16.8 Å². The second kappa shape index (κ2) is 13.8. The van der Waals surface area contributed by atoms with E-state index in [0.29, 0.717) is 47.2 Å². The summed E-state index contributed by atoms with van der Waals surface area (Å²) in [4.78, 5) is 17.4. The fraction of sp³-hybridized carbons (Fsp3) is 0.581. The number of nitrogens with zero attached hydrogens (tertiary/aromatic N) is 1. The fourth-order valence-corrected chi connectivity index (χ4v) is 4.55. The van der Waals surface area contributed by atoms with Crippen molar-refractivity contribution in [2.75, 3.05) is 13.1 Å². The second-order valence-electron chi connectivity index (χ2n) is 12.0. The standard InChI is InChI=1S/C31H48N6O2/c1-7-8-22(10-9-20(2)3)18-33-27-16-28(34-19-31(5,6)39)37-29(36-27)26(17-32)23-11-14-25(21(4)15-23)30(38)35-24-12-13-24/h11,14-17,20,22,24,32-33,36,39H,7-10,12-13,18-19H2,1-6H3,(H,34,37)(H,35,38)/b29-26-,32-17?. The SMILES string of the molecule is CCCC(CCC(C)C)CNC1=CC(NCC(C)(C)O)=N/C(=C(/C=N)c2ccc(C(=O)NC3CC3)c(C)c2)N1. The highest BCUT2D eigenvalue weighted by Crippen LogP contribution is 2.24. The average Bonchev–Trinajstić information content (AvgIpc) is 3.68. The number of rotatable bonds is 14. The van der Waals surface area contributed by atoms with E-state index in [1.54, 1.807) is 13.8 Å². The highest BCUT2D eigenvalue weighted by Gasteiger charge is 2.25. The van der Waals surface area contributed by atoms with Gasteiger partial charge in [-0.3, -0.25) is 4.79 Å². The maximum atomic E-state index is 12.6. The van der Waals surface area contributed by atoms with E-state index < -0.39 is 5.60 Å². The van der Waals surface area contributed by atoms with E-state index in [2.05, 4.69) is 42.0 Å². The van der Waals surface area contributed by atoms with Crippen LogP contribution >= 0.6 is 0 Å². The molecule has 0 radical (unpaired) electrons. The van der Waals surface area contributed by atoms with Gasteiger partial charge in [-0.2, -0.15) is 0 Å². The van der Waals surface area contributed by atoms with Gasteiger partial charge in [0, 0.05) is 42.6 Å². The first-order valence-electron chi connectivity index (χ1n) is 14.4. The molecule has 1 aliphatic heterocycles. The number of aliphatic hydroxyl groups is 1. The lowest BCUT2D eigenvalue weighted by molar-refractivity contribution is 0.0849. The number of benzene rings is 1. The van der Waals surface area contributed by atoms with Crippen molar-refractivity contribution < 1.29 is 9.90 Å². The van der Waals surface area contributed by atoms with E-state index in [-0.39, 0.29) is 5.91 Å². The molecule has 8 heteroatoms. The molecule has 0 bridgehead atoms. The second-order valence-corrected chi connectivity index (χ2v) is 12.0. The van der Waals surface area contributed by atoms with Crippen molar-refractivity contribution in [3.63, 3.8) is 0 Å². The van der Waals surface area contributed by atoms with Gasteiger partial charge < -0.3 is 31.8 Å². The van der Waals surface area contributed by atoms with Crippen molar-refractivity contribution in [2.45, 2.75) is 91.7 Å². The van der Waals surface area contributed by atoms with E-state index in [0.717, 1.165) is 42.8 Å². The number of aliphatic imine (C=N–C) groups is 1. The topological polar surface area (TPSA) is 122 Å². The number of nitrogens with one attached hydrogen (secondary N) is 5. The van der Waals surface area contributed by atoms with Gasteiger partial charge in [-0.05, 0) is 75.5 Å². The van der Waals surface area contributed by atoms with Crippen LogP contribution < -0.4 is 21.3 Å². The van der Waals surface area contributed by atoms with Crippen LogP contribution in [0.2, 0.25) is 0 Å². The van der Waals surface area contributed by atoms with Gasteiger partial charge in [-0.25, -0.2) is 4.99 Å². The van der Waals surface area contributed by atoms with Gasteiger partial charge >= 0.3 is 0 Å². The summed E-state index contributed by atoms with van der Waals surface area (Å²) >= 11 is 0. The van der Waals surface area contributed by atoms with Crippen LogP contribution in [0.3, 0.4) is 0 Å². The number of allylic oxidation sites excluding steroid dienone is 1. The largest absolute Gasteiger partial charge is 0.389 e. The molecule has 1 aromatic carbocycles. The Kier molecular flexibility index (Phi) is 10.7. The van der Waals surface area contributed by atoms with E-state index in [9.17, 15) is 9.90 Å². The highest BCUT2D eigenvalue weighted by atomic mass is 16.3. The van der Waals surface area contributed by atoms with Crippen LogP contribution in [-0.2, 0) is 0 Å². The molecule has 1 aromatic rings. The summed E-state index contributed by atoms with van der Waals surface area (Å²) in [5, 5.41) is 31.8. The van der Waals surface area contributed by atoms with Crippen molar-refractivity contribution in [3.8, 4) is 0 Å². The number of amides is 1. The predicted octanol–water partition coefficient (Wildman–Crippen LogP) is 4.85. The zero-order valence-corrected chi connectivity index (χ0v) is 24.6. The van der Waals surface area contributed by atoms with Crippen LogP contribution in [0.4, 0.5) is 0 Å². The van der Waals surface area contributed by atoms with Crippen molar-refractivity contribution >= 4 is 23.5 Å². The van der Waals surface area contributed by atoms with Gasteiger partial charge in [0.1, 0.15) is 17.5 Å². The van der Waals surface area contributed by atoms with E-state index >= 15 is 0 Å². The summed E-state index contributed by atoms with van der Waals surface area (Å²) in [6, 6.07) is 5.93. The van der Waals surface area contributed by atoms with E-state index in [1.807, 2.05) is 31.2 Å². The number of carbonyl (C=O) groups is 1. The lowest BCUT2D eigenvalue weighted by atomic mass is 9.94. The zero-order chi connectivity index (χ0) is 28.6. The first kappa shape index (κ1) is 30.4. The van der Waals surface area contributed by atoms with Gasteiger partial charge in [-0.1, -0.05) is 45.7 Å². The molecule has 1 saturated carbocycles. The van der Waals surface area contributed by atoms with Crippen molar-refractivity contribution in [1.29, 1.82) is 5.41 Å². The van der Waals surface area contributed by atoms with E-state index in [4.69, 9.17) is 10.4 Å². The minimum Gasteiger partial charge on any atom is -0.389 e. The van der Waals surface area contributed by atoms with Crippen molar-refractivity contribution in [3.05, 3.63) is 52.6 Å². The Balaban J connectivity index is 1.86. The molecule has 1 unspecified atom stereocenters. The molecule has 1 atom stereocenters. The van der Waals surface area contributed by atoms with Gasteiger partial charge in [0.2, 0.25) is 0 Å². The molecule has 3 rings (SSSR count). The first-order valence-corrected chi connectivity index (χ1v) is 14.4. The summed E-state index contributed by atoms with van der Waals surface area (Å²) < 4.78 is 0. The first-order chi connectivity index (χ1) is 18.5. The lowest BCUT2D eigenvalue weighted by Gasteiger charge is -2.25. The zero-order valence-electron chi connectivity index (χ0n) is 24.6. The molecule has 39 heavy (non-hydrogen) atoms. The molecular weight excluding hydrogens is 488 g/mol. The molecule has 1 amide bonds. The molecule has 1 heterocycles. The number of carbonyl (C=O) groups excluding carboxylic acids is 1. The quantitative estimate of drug-likeness (QED) is 0.190. The van der Waals surface area contributed by atoms with Crippen LogP contribution in [0.1, 0.15) is 94.6 Å². The molecular formula is C31H48N6O2. The molecule has 0 saturated heterocycles. The van der Waals surface area contributed by atoms with Crippen molar-refractivity contribution in [1.82, 2.24) is 21.3 Å². The Morgan fingerprint density at radius 1 is 1.23 bits per heavy atom. The lowest BCUT2D eigenvalue weighted by Crippen LogP contribution is -2.41. The van der Waals surface area contributed by atoms with E-state index in [1.165, 1.54) is 25.5 Å². The monoisotopic (exact) mass is 536 g/mol. The number of hydrogen-bond acceptors (Lipinski definition) is 7. The predicted molar refractivity (Wildman–Crippen MR) is 161 cm³/mol. The van der Waals surface area contributed by atoms with Gasteiger partial charge in [-0.15, -0.1) is 0 Å². The summed E-state index contributed by atoms with van der Waals surface area (Å²) in [5.41, 5.74) is 2.03. The van der Waals surface area contributed by atoms with Crippen LogP contribution in [0.15, 0.2) is 40.9 Å². The van der Waals surface area contributed by atoms with Gasteiger partial charge in [0.05, 0.1) is 5.60 Å². The number of hydrogen-bond donors (Lipinski definition) is 6. The maximum Gasteiger partial charge on any atom is 0.251 e. The summed E-state index contributed by atoms with van der Waals surface area (Å²) in [6.07, 6.45) is 9.99. The minimum atomic E-state index is -0.903. The fourth-order valence-electron chi connectivity index (χ4n) is 4.55. The summed E-state index contributed by atoms with van der Waals surface area (Å²) in [7, 11) is 0. The third-order valence-electron chi connectivity index (χ3n) is 6.99. The molecule has 214 valence electrons. The third kappa shape index (κ3) is 9.84. The molecule has 2 aliphatic rings. The van der Waals surface area contributed by atoms with Gasteiger partial charge in [0.25, 0.3) is 5.91 Å². The number of amidine groups is 1. The van der Waals surface area contributed by atoms with Crippen LogP contribution in [0, 0.1) is 24.2 Å². The molecule has 1 aliphatic carbocycles. The molecule has 6 N–H and O–H groups in total. The number of aryl methyl sites for hydroxylation is 1. The minimum absolute atomic E-state index is 0.0500. The molecule has 1 fully saturated rings. The van der Waals surface area contributed by atoms with Crippen LogP contribution in [-0.4, -0.2) is 47.8 Å². The third-order valence-corrected chi connectivity index (χ3v) is 6.99. The molecule has 8 nitrogen and oxygen atoms in total. The Labute approximate surface area is 234 Å². The molecule has 0 spiro atoms. The van der Waals surface area contributed by atoms with Gasteiger partial charge in [0.15, 0.2) is 0 Å². The Bertz CT molecular complexity index is 1110. The molecule has 0 aromatic heterocycles. The summed E-state index contributed by atoms with van der Waals surface area (Å²) in [6.45, 7) is 13.4. The van der Waals surface area contributed by atoms with Crippen LogP contribution in [0.5, 0.6) is 0 Å². The smallest absolute Gasteiger partial charge is 0.251 e. The summed E-state index contributed by atoms with van der Waals surface area (Å²) in [5.74, 6) is 3.15. The normalized spacial score (nSPS) is 17.5.